The number of carboxylic acid groups (broad SMARTS) is 1. The minimum atomic E-state index is -0.824. The summed E-state index contributed by atoms with van der Waals surface area (Å²) in [5.41, 5.74) is 2.54. The van der Waals surface area contributed by atoms with E-state index in [4.69, 9.17) is 11.6 Å². The second-order valence-electron chi connectivity index (χ2n) is 5.51. The molecule has 1 aliphatic heterocycles. The molecule has 2 heterocycles. The molecule has 4 nitrogen and oxygen atoms in total. The van der Waals surface area contributed by atoms with Crippen LogP contribution in [0.25, 0.3) is 10.9 Å². The van der Waals surface area contributed by atoms with Crippen LogP contribution in [0, 0.1) is 0 Å². The molecule has 0 saturated heterocycles. The molecule has 1 aromatic carbocycles. The Morgan fingerprint density at radius 2 is 2.21 bits per heavy atom. The van der Waals surface area contributed by atoms with Gasteiger partial charge in [-0.1, -0.05) is 23.7 Å². The van der Waals surface area contributed by atoms with Gasteiger partial charge in [0, 0.05) is 17.5 Å². The molecule has 100 valence electrons. The van der Waals surface area contributed by atoms with Gasteiger partial charge in [-0.25, -0.2) is 0 Å². The number of fused-ring (bicyclic) bond motifs is 3. The predicted molar refractivity (Wildman–Crippen MR) is 74.6 cm³/mol. The van der Waals surface area contributed by atoms with Crippen LogP contribution in [0.15, 0.2) is 18.2 Å². The van der Waals surface area contributed by atoms with E-state index in [2.05, 4.69) is 10.3 Å². The van der Waals surface area contributed by atoms with Gasteiger partial charge < -0.3 is 10.1 Å². The van der Waals surface area contributed by atoms with Crippen molar-refractivity contribution in [3.8, 4) is 0 Å². The van der Waals surface area contributed by atoms with Gasteiger partial charge in [0.05, 0.1) is 16.1 Å². The molecule has 0 spiro atoms. The lowest BCUT2D eigenvalue weighted by atomic mass is 9.86. The standard InChI is InChI=1S/C14H15ClN2O2/c1-14(2)12-8(6-10(17-14)13(18)19)7-4-3-5-9(15)11(7)16-12/h3-5,10,16-17H,6H2,1-2H3,(H,18,19). The van der Waals surface area contributed by atoms with E-state index >= 15 is 0 Å². The Morgan fingerprint density at radius 3 is 2.89 bits per heavy atom. The van der Waals surface area contributed by atoms with Gasteiger partial charge in [0.2, 0.25) is 0 Å². The lowest BCUT2D eigenvalue weighted by molar-refractivity contribution is -0.140. The average Bonchev–Trinajstić information content (AvgIpc) is 2.70. The fourth-order valence-corrected chi connectivity index (χ4v) is 3.12. The number of carboxylic acids is 1. The van der Waals surface area contributed by atoms with Gasteiger partial charge in [0.15, 0.2) is 0 Å². The molecule has 3 N–H and O–H groups in total. The van der Waals surface area contributed by atoms with Crippen molar-refractivity contribution in [2.45, 2.75) is 31.8 Å². The number of hydrogen-bond acceptors (Lipinski definition) is 2. The number of aromatic nitrogens is 1. The SMILES string of the molecule is CC1(C)NC(C(=O)O)Cc2c1[nH]c1c(Cl)cccc21. The molecule has 0 amide bonds. The topological polar surface area (TPSA) is 65.1 Å². The summed E-state index contributed by atoms with van der Waals surface area (Å²) in [5, 5.41) is 14.1. The van der Waals surface area contributed by atoms with Crippen molar-refractivity contribution in [3.05, 3.63) is 34.5 Å². The Bertz CT molecular complexity index is 675. The summed E-state index contributed by atoms with van der Waals surface area (Å²) in [6.45, 7) is 3.95. The molecule has 3 rings (SSSR count). The number of H-pyrrole nitrogens is 1. The summed E-state index contributed by atoms with van der Waals surface area (Å²) < 4.78 is 0. The number of aliphatic carboxylic acids is 1. The molecule has 0 bridgehead atoms. The van der Waals surface area contributed by atoms with Gasteiger partial charge in [0.25, 0.3) is 0 Å². The van der Waals surface area contributed by atoms with Crippen molar-refractivity contribution in [2.75, 3.05) is 0 Å². The zero-order valence-electron chi connectivity index (χ0n) is 10.7. The van der Waals surface area contributed by atoms with E-state index in [1.807, 2.05) is 32.0 Å². The number of carbonyl (C=O) groups is 1. The molecule has 1 aromatic heterocycles. The number of halogens is 1. The van der Waals surface area contributed by atoms with Crippen molar-refractivity contribution in [1.29, 1.82) is 0 Å². The third-order valence-corrected chi connectivity index (χ3v) is 4.07. The molecule has 19 heavy (non-hydrogen) atoms. The van der Waals surface area contributed by atoms with Crippen LogP contribution in [-0.4, -0.2) is 22.1 Å². The average molecular weight is 279 g/mol. The van der Waals surface area contributed by atoms with Crippen molar-refractivity contribution in [3.63, 3.8) is 0 Å². The normalized spacial score (nSPS) is 21.3. The van der Waals surface area contributed by atoms with Crippen LogP contribution in [-0.2, 0) is 16.8 Å². The summed E-state index contributed by atoms with van der Waals surface area (Å²) in [4.78, 5) is 14.6. The van der Waals surface area contributed by atoms with E-state index < -0.39 is 17.6 Å². The number of para-hydroxylation sites is 1. The molecule has 1 aliphatic rings. The highest BCUT2D eigenvalue weighted by atomic mass is 35.5. The Hall–Kier alpha value is -1.52. The fourth-order valence-electron chi connectivity index (χ4n) is 2.90. The van der Waals surface area contributed by atoms with Gasteiger partial charge in [0.1, 0.15) is 6.04 Å². The molecule has 0 radical (unpaired) electrons. The number of benzene rings is 1. The highest BCUT2D eigenvalue weighted by Gasteiger charge is 2.37. The Morgan fingerprint density at radius 1 is 1.47 bits per heavy atom. The van der Waals surface area contributed by atoms with Crippen LogP contribution in [0.3, 0.4) is 0 Å². The first-order valence-corrected chi connectivity index (χ1v) is 6.58. The molecule has 1 unspecified atom stereocenters. The van der Waals surface area contributed by atoms with Crippen molar-refractivity contribution >= 4 is 28.5 Å². The van der Waals surface area contributed by atoms with E-state index in [0.717, 1.165) is 22.2 Å². The van der Waals surface area contributed by atoms with Gasteiger partial charge >= 0.3 is 5.97 Å². The third-order valence-electron chi connectivity index (χ3n) is 3.76. The van der Waals surface area contributed by atoms with Crippen molar-refractivity contribution in [2.24, 2.45) is 0 Å². The summed E-state index contributed by atoms with van der Waals surface area (Å²) >= 11 is 6.20. The number of rotatable bonds is 1. The largest absolute Gasteiger partial charge is 0.480 e. The Kier molecular flexibility index (Phi) is 2.62. The van der Waals surface area contributed by atoms with Crippen LogP contribution >= 0.6 is 11.6 Å². The number of nitrogens with one attached hydrogen (secondary N) is 2. The molecule has 1 atom stereocenters. The lowest BCUT2D eigenvalue weighted by Crippen LogP contribution is -2.52. The Balaban J connectivity index is 2.26. The third kappa shape index (κ3) is 1.83. The molecule has 2 aromatic rings. The van der Waals surface area contributed by atoms with Crippen LogP contribution in [0.2, 0.25) is 5.02 Å². The maximum Gasteiger partial charge on any atom is 0.321 e. The first-order chi connectivity index (χ1) is 8.90. The highest BCUT2D eigenvalue weighted by Crippen LogP contribution is 2.37. The summed E-state index contributed by atoms with van der Waals surface area (Å²) in [7, 11) is 0. The fraction of sp³-hybridized carbons (Fsp3) is 0.357. The molecule has 0 aliphatic carbocycles. The second kappa shape index (κ2) is 3.99. The predicted octanol–water partition coefficient (Wildman–Crippen LogP) is 2.66. The van der Waals surface area contributed by atoms with Crippen LogP contribution < -0.4 is 5.32 Å². The first-order valence-electron chi connectivity index (χ1n) is 6.20. The van der Waals surface area contributed by atoms with E-state index in [-0.39, 0.29) is 0 Å². The van der Waals surface area contributed by atoms with Crippen molar-refractivity contribution in [1.82, 2.24) is 10.3 Å². The zero-order chi connectivity index (χ0) is 13.8. The number of aromatic amines is 1. The Labute approximate surface area is 115 Å². The quantitative estimate of drug-likeness (QED) is 0.751. The van der Waals surface area contributed by atoms with E-state index in [1.54, 1.807) is 0 Å². The van der Waals surface area contributed by atoms with Gasteiger partial charge in [-0.3, -0.25) is 10.1 Å². The molecule has 0 saturated carbocycles. The van der Waals surface area contributed by atoms with Crippen LogP contribution in [0.5, 0.6) is 0 Å². The molecule has 5 heteroatoms. The van der Waals surface area contributed by atoms with Gasteiger partial charge in [-0.15, -0.1) is 0 Å². The molecular formula is C14H15ClN2O2. The number of hydrogen-bond donors (Lipinski definition) is 3. The molecular weight excluding hydrogens is 264 g/mol. The lowest BCUT2D eigenvalue weighted by Gasteiger charge is -2.35. The van der Waals surface area contributed by atoms with E-state index in [9.17, 15) is 9.90 Å². The zero-order valence-corrected chi connectivity index (χ0v) is 11.5. The summed E-state index contributed by atoms with van der Waals surface area (Å²) in [6, 6.07) is 5.14. The summed E-state index contributed by atoms with van der Waals surface area (Å²) in [6.07, 6.45) is 0.467. The second-order valence-corrected chi connectivity index (χ2v) is 5.91. The van der Waals surface area contributed by atoms with Gasteiger partial charge in [-0.2, -0.15) is 0 Å². The van der Waals surface area contributed by atoms with E-state index in [0.29, 0.717) is 11.4 Å². The van der Waals surface area contributed by atoms with Crippen LogP contribution in [0.1, 0.15) is 25.1 Å². The highest BCUT2D eigenvalue weighted by molar-refractivity contribution is 6.35. The van der Waals surface area contributed by atoms with Crippen molar-refractivity contribution < 1.29 is 9.90 Å². The van der Waals surface area contributed by atoms with Crippen LogP contribution in [0.4, 0.5) is 0 Å². The minimum Gasteiger partial charge on any atom is -0.480 e. The first kappa shape index (κ1) is 12.5. The monoisotopic (exact) mass is 278 g/mol. The van der Waals surface area contributed by atoms with Gasteiger partial charge in [-0.05, 0) is 25.5 Å². The maximum absolute atomic E-state index is 11.3. The smallest absolute Gasteiger partial charge is 0.321 e. The van der Waals surface area contributed by atoms with E-state index in [1.165, 1.54) is 0 Å². The minimum absolute atomic E-state index is 0.418. The summed E-state index contributed by atoms with van der Waals surface area (Å²) in [5.74, 6) is -0.824. The molecule has 0 fully saturated rings. The maximum atomic E-state index is 11.3.